The summed E-state index contributed by atoms with van der Waals surface area (Å²) in [6.07, 6.45) is 5.70. The minimum Gasteiger partial charge on any atom is -0.381 e. The van der Waals surface area contributed by atoms with Crippen molar-refractivity contribution in [2.24, 2.45) is 5.41 Å². The summed E-state index contributed by atoms with van der Waals surface area (Å²) in [6, 6.07) is 9.52. The zero-order chi connectivity index (χ0) is 15.0. The molecule has 2 fully saturated rings. The lowest BCUT2D eigenvalue weighted by atomic mass is 9.87. The second-order valence-electron chi connectivity index (χ2n) is 6.25. The molecule has 1 amide bonds. The van der Waals surface area contributed by atoms with Crippen LogP contribution in [0.25, 0.3) is 5.69 Å². The second kappa shape index (κ2) is 5.25. The first kappa shape index (κ1) is 13.5. The molecule has 1 unspecified atom stereocenters. The summed E-state index contributed by atoms with van der Waals surface area (Å²) in [6.45, 7) is 3.23. The molecule has 2 aliphatic rings. The molecule has 1 aromatic carbocycles. The van der Waals surface area contributed by atoms with Crippen LogP contribution in [0.15, 0.2) is 42.7 Å². The minimum atomic E-state index is 0.0925. The van der Waals surface area contributed by atoms with E-state index in [2.05, 4.69) is 5.10 Å². The molecule has 3 heterocycles. The number of hydrogen-bond acceptors (Lipinski definition) is 3. The van der Waals surface area contributed by atoms with E-state index < -0.39 is 0 Å². The van der Waals surface area contributed by atoms with Crippen molar-refractivity contribution in [2.45, 2.75) is 12.8 Å². The van der Waals surface area contributed by atoms with E-state index in [1.165, 1.54) is 0 Å². The van der Waals surface area contributed by atoms with Crippen LogP contribution in [0.3, 0.4) is 0 Å². The molecule has 1 aromatic heterocycles. The summed E-state index contributed by atoms with van der Waals surface area (Å²) in [5, 5.41) is 4.25. The van der Waals surface area contributed by atoms with Crippen molar-refractivity contribution in [3.63, 3.8) is 0 Å². The quantitative estimate of drug-likeness (QED) is 0.853. The van der Waals surface area contributed by atoms with Crippen molar-refractivity contribution >= 4 is 5.91 Å². The van der Waals surface area contributed by atoms with E-state index in [-0.39, 0.29) is 11.3 Å². The summed E-state index contributed by atoms with van der Waals surface area (Å²) in [5.41, 5.74) is 1.74. The van der Waals surface area contributed by atoms with E-state index in [0.29, 0.717) is 5.56 Å². The summed E-state index contributed by atoms with van der Waals surface area (Å²) in [5.74, 6) is 0.0925. The zero-order valence-electron chi connectivity index (χ0n) is 12.4. The molecule has 2 aromatic rings. The average molecular weight is 297 g/mol. The van der Waals surface area contributed by atoms with Gasteiger partial charge in [-0.2, -0.15) is 5.10 Å². The number of benzene rings is 1. The maximum Gasteiger partial charge on any atom is 0.256 e. The normalized spacial score (nSPS) is 24.3. The Labute approximate surface area is 129 Å². The molecule has 0 N–H and O–H groups in total. The molecule has 5 heteroatoms. The Morgan fingerprint density at radius 2 is 2.14 bits per heavy atom. The van der Waals surface area contributed by atoms with Crippen LogP contribution >= 0.6 is 0 Å². The molecule has 4 rings (SSSR count). The van der Waals surface area contributed by atoms with Gasteiger partial charge in [-0.25, -0.2) is 4.68 Å². The van der Waals surface area contributed by atoms with Gasteiger partial charge in [0.1, 0.15) is 0 Å². The highest BCUT2D eigenvalue weighted by molar-refractivity contribution is 5.98. The van der Waals surface area contributed by atoms with Gasteiger partial charge in [-0.05, 0) is 31.0 Å². The van der Waals surface area contributed by atoms with Gasteiger partial charge in [-0.3, -0.25) is 4.79 Å². The average Bonchev–Trinajstić information content (AvgIpc) is 3.30. The molecular formula is C17H19N3O2. The lowest BCUT2D eigenvalue weighted by molar-refractivity contribution is 0.0765. The number of likely N-dealkylation sites (tertiary alicyclic amines) is 1. The topological polar surface area (TPSA) is 47.4 Å². The van der Waals surface area contributed by atoms with Crippen LogP contribution in [-0.4, -0.2) is 46.9 Å². The maximum atomic E-state index is 12.9. The number of carbonyl (C=O) groups excluding carboxylic acids is 1. The molecule has 1 spiro atoms. The van der Waals surface area contributed by atoms with Gasteiger partial charge in [0, 0.05) is 37.5 Å². The van der Waals surface area contributed by atoms with E-state index in [0.717, 1.165) is 44.8 Å². The van der Waals surface area contributed by atoms with E-state index in [4.69, 9.17) is 4.74 Å². The molecule has 0 radical (unpaired) electrons. The number of nitrogens with zero attached hydrogens (tertiary/aromatic N) is 3. The Bertz CT molecular complexity index is 675. The Morgan fingerprint density at radius 1 is 1.23 bits per heavy atom. The molecular weight excluding hydrogens is 278 g/mol. The summed E-state index contributed by atoms with van der Waals surface area (Å²) >= 11 is 0. The number of rotatable bonds is 2. The molecule has 1 atom stereocenters. The van der Waals surface area contributed by atoms with Gasteiger partial charge >= 0.3 is 0 Å². The van der Waals surface area contributed by atoms with Crippen molar-refractivity contribution in [2.75, 3.05) is 26.3 Å². The third-order valence-corrected chi connectivity index (χ3v) is 4.80. The predicted molar refractivity (Wildman–Crippen MR) is 82.0 cm³/mol. The van der Waals surface area contributed by atoms with E-state index in [1.807, 2.05) is 41.4 Å². The highest BCUT2D eigenvalue weighted by Crippen LogP contribution is 2.38. The molecule has 114 valence electrons. The Kier molecular flexibility index (Phi) is 3.22. The summed E-state index contributed by atoms with van der Waals surface area (Å²) in [7, 11) is 0. The summed E-state index contributed by atoms with van der Waals surface area (Å²) in [4.78, 5) is 14.9. The molecule has 0 aliphatic carbocycles. The van der Waals surface area contributed by atoms with E-state index in [1.54, 1.807) is 10.9 Å². The van der Waals surface area contributed by atoms with Crippen LogP contribution in [0.1, 0.15) is 23.2 Å². The van der Waals surface area contributed by atoms with Crippen molar-refractivity contribution in [1.29, 1.82) is 0 Å². The van der Waals surface area contributed by atoms with Gasteiger partial charge in [0.15, 0.2) is 0 Å². The SMILES string of the molecule is O=C(c1ccccc1-n1cccn1)N1CCC2(CCOC2)C1. The number of amides is 1. The number of hydrogen-bond donors (Lipinski definition) is 0. The van der Waals surface area contributed by atoms with Crippen LogP contribution < -0.4 is 0 Å². The fourth-order valence-corrected chi connectivity index (χ4v) is 3.52. The first-order chi connectivity index (χ1) is 10.8. The van der Waals surface area contributed by atoms with Crippen LogP contribution in [-0.2, 0) is 4.74 Å². The van der Waals surface area contributed by atoms with Gasteiger partial charge in [0.05, 0.1) is 17.9 Å². The third kappa shape index (κ3) is 2.22. The molecule has 5 nitrogen and oxygen atoms in total. The fraction of sp³-hybridized carbons (Fsp3) is 0.412. The van der Waals surface area contributed by atoms with Crippen LogP contribution in [0.2, 0.25) is 0 Å². The summed E-state index contributed by atoms with van der Waals surface area (Å²) < 4.78 is 7.29. The van der Waals surface area contributed by atoms with Crippen LogP contribution in [0.4, 0.5) is 0 Å². The first-order valence-corrected chi connectivity index (χ1v) is 7.74. The van der Waals surface area contributed by atoms with Gasteiger partial charge in [0.2, 0.25) is 0 Å². The molecule has 22 heavy (non-hydrogen) atoms. The number of aromatic nitrogens is 2. The Morgan fingerprint density at radius 3 is 2.91 bits per heavy atom. The van der Waals surface area contributed by atoms with E-state index in [9.17, 15) is 4.79 Å². The standard InChI is InChI=1S/C17H19N3O2/c21-16(19-10-6-17(12-19)7-11-22-13-17)14-4-1-2-5-15(14)20-9-3-8-18-20/h1-5,8-9H,6-7,10-13H2. The molecule has 0 saturated carbocycles. The van der Waals surface area contributed by atoms with Crippen LogP contribution in [0, 0.1) is 5.41 Å². The van der Waals surface area contributed by atoms with Crippen molar-refractivity contribution in [1.82, 2.24) is 14.7 Å². The van der Waals surface area contributed by atoms with Gasteiger partial charge < -0.3 is 9.64 Å². The molecule has 0 bridgehead atoms. The lowest BCUT2D eigenvalue weighted by Gasteiger charge is -2.22. The highest BCUT2D eigenvalue weighted by Gasteiger charge is 2.43. The highest BCUT2D eigenvalue weighted by atomic mass is 16.5. The Balaban J connectivity index is 1.61. The molecule has 2 aliphatic heterocycles. The monoisotopic (exact) mass is 297 g/mol. The smallest absolute Gasteiger partial charge is 0.256 e. The van der Waals surface area contributed by atoms with Crippen LogP contribution in [0.5, 0.6) is 0 Å². The van der Waals surface area contributed by atoms with Gasteiger partial charge in [-0.15, -0.1) is 0 Å². The van der Waals surface area contributed by atoms with E-state index >= 15 is 0 Å². The zero-order valence-corrected chi connectivity index (χ0v) is 12.4. The fourth-order valence-electron chi connectivity index (χ4n) is 3.52. The van der Waals surface area contributed by atoms with Crippen molar-refractivity contribution < 1.29 is 9.53 Å². The van der Waals surface area contributed by atoms with Gasteiger partial charge in [0.25, 0.3) is 5.91 Å². The Hall–Kier alpha value is -2.14. The first-order valence-electron chi connectivity index (χ1n) is 7.74. The second-order valence-corrected chi connectivity index (χ2v) is 6.25. The lowest BCUT2D eigenvalue weighted by Crippen LogP contribution is -2.33. The predicted octanol–water partition coefficient (Wildman–Crippen LogP) is 2.12. The third-order valence-electron chi connectivity index (χ3n) is 4.80. The number of para-hydroxylation sites is 1. The molecule has 2 saturated heterocycles. The van der Waals surface area contributed by atoms with Crippen molar-refractivity contribution in [3.05, 3.63) is 48.3 Å². The largest absolute Gasteiger partial charge is 0.381 e. The minimum absolute atomic E-state index is 0.0925. The maximum absolute atomic E-state index is 12.9. The number of ether oxygens (including phenoxy) is 1. The van der Waals surface area contributed by atoms with Crippen molar-refractivity contribution in [3.8, 4) is 5.69 Å². The van der Waals surface area contributed by atoms with Gasteiger partial charge in [-0.1, -0.05) is 12.1 Å². The number of carbonyl (C=O) groups is 1.